The average Bonchev–Trinajstić information content (AvgIpc) is 2.82. The minimum absolute atomic E-state index is 0.168. The Morgan fingerprint density at radius 1 is 1.06 bits per heavy atom. The van der Waals surface area contributed by atoms with Crippen LogP contribution >= 0.6 is 0 Å². The number of ether oxygens (including phenoxy) is 1. The summed E-state index contributed by atoms with van der Waals surface area (Å²) in [5.74, 6) is -0.115. The van der Waals surface area contributed by atoms with Crippen molar-refractivity contribution in [1.82, 2.24) is 5.32 Å². The zero-order chi connectivity index (χ0) is 24.7. The number of amides is 2. The van der Waals surface area contributed by atoms with Crippen LogP contribution in [-0.2, 0) is 14.8 Å². The van der Waals surface area contributed by atoms with Crippen LogP contribution in [0.15, 0.2) is 48.5 Å². The van der Waals surface area contributed by atoms with E-state index in [0.29, 0.717) is 29.1 Å². The quantitative estimate of drug-likeness (QED) is 0.557. The molecule has 34 heavy (non-hydrogen) atoms. The topological polar surface area (TPSA) is 105 Å². The first-order valence-corrected chi connectivity index (χ1v) is 13.4. The van der Waals surface area contributed by atoms with Crippen LogP contribution in [0.3, 0.4) is 0 Å². The Kier molecular flexibility index (Phi) is 8.55. The van der Waals surface area contributed by atoms with Gasteiger partial charge in [-0.05, 0) is 55.7 Å². The molecular formula is C25H33N3O5S. The van der Waals surface area contributed by atoms with Crippen molar-refractivity contribution in [2.45, 2.75) is 57.6 Å². The average molecular weight is 488 g/mol. The molecular weight excluding hydrogens is 454 g/mol. The molecule has 0 saturated heterocycles. The fraction of sp³-hybridized carbons (Fsp3) is 0.440. The van der Waals surface area contributed by atoms with Gasteiger partial charge in [-0.2, -0.15) is 0 Å². The van der Waals surface area contributed by atoms with E-state index in [0.717, 1.165) is 36.2 Å². The van der Waals surface area contributed by atoms with Gasteiger partial charge in [0.25, 0.3) is 11.8 Å². The number of benzene rings is 2. The van der Waals surface area contributed by atoms with Gasteiger partial charge in [-0.1, -0.05) is 38.3 Å². The highest BCUT2D eigenvalue weighted by Gasteiger charge is 2.23. The standard InChI is InChI=1S/C25H33N3O5S/c1-4-23(33-20-16-14-19(15-17-20)28(2)34(3,31)32)25(30)27-22-13-9-8-12-21(22)24(29)26-18-10-6-5-7-11-18/h8-9,12-18,23H,4-7,10-11H2,1-3H3,(H,26,29)(H,27,30). The highest BCUT2D eigenvalue weighted by Crippen LogP contribution is 2.23. The number of hydrogen-bond acceptors (Lipinski definition) is 5. The molecule has 184 valence electrons. The van der Waals surface area contributed by atoms with Gasteiger partial charge in [-0.15, -0.1) is 0 Å². The molecule has 8 nitrogen and oxygen atoms in total. The number of carbonyl (C=O) groups excluding carboxylic acids is 2. The minimum atomic E-state index is -3.37. The summed E-state index contributed by atoms with van der Waals surface area (Å²) in [6, 6.07) is 13.6. The number of para-hydroxylation sites is 1. The van der Waals surface area contributed by atoms with E-state index in [1.54, 1.807) is 48.5 Å². The van der Waals surface area contributed by atoms with Crippen molar-refractivity contribution in [3.05, 3.63) is 54.1 Å². The maximum atomic E-state index is 13.0. The third-order valence-corrected chi connectivity index (χ3v) is 7.22. The molecule has 0 aliphatic heterocycles. The lowest BCUT2D eigenvalue weighted by Gasteiger charge is -2.23. The molecule has 0 radical (unpaired) electrons. The van der Waals surface area contributed by atoms with Crippen molar-refractivity contribution in [3.63, 3.8) is 0 Å². The van der Waals surface area contributed by atoms with Gasteiger partial charge in [0.2, 0.25) is 10.0 Å². The van der Waals surface area contributed by atoms with E-state index in [9.17, 15) is 18.0 Å². The second-order valence-electron chi connectivity index (χ2n) is 8.58. The van der Waals surface area contributed by atoms with Gasteiger partial charge >= 0.3 is 0 Å². The molecule has 1 aliphatic carbocycles. The number of nitrogens with one attached hydrogen (secondary N) is 2. The van der Waals surface area contributed by atoms with Crippen molar-refractivity contribution in [3.8, 4) is 5.75 Å². The van der Waals surface area contributed by atoms with Gasteiger partial charge in [-0.25, -0.2) is 8.42 Å². The van der Waals surface area contributed by atoms with Gasteiger partial charge < -0.3 is 15.4 Å². The third kappa shape index (κ3) is 6.72. The van der Waals surface area contributed by atoms with Gasteiger partial charge in [0.05, 0.1) is 23.2 Å². The molecule has 9 heteroatoms. The summed E-state index contributed by atoms with van der Waals surface area (Å²) in [5.41, 5.74) is 1.35. The molecule has 1 saturated carbocycles. The number of nitrogens with zero attached hydrogens (tertiary/aromatic N) is 1. The van der Waals surface area contributed by atoms with Crippen LogP contribution in [0.25, 0.3) is 0 Å². The fourth-order valence-electron chi connectivity index (χ4n) is 3.93. The Labute approximate surface area is 201 Å². The Morgan fingerprint density at radius 2 is 1.71 bits per heavy atom. The smallest absolute Gasteiger partial charge is 0.265 e. The Hall–Kier alpha value is -3.07. The van der Waals surface area contributed by atoms with Gasteiger partial charge in [0, 0.05) is 13.1 Å². The molecule has 0 aromatic heterocycles. The second kappa shape index (κ2) is 11.4. The van der Waals surface area contributed by atoms with Crippen molar-refractivity contribution in [2.24, 2.45) is 0 Å². The number of anilines is 2. The summed E-state index contributed by atoms with van der Waals surface area (Å²) >= 11 is 0. The molecule has 3 rings (SSSR count). The van der Waals surface area contributed by atoms with Gasteiger partial charge in [0.15, 0.2) is 6.10 Å². The van der Waals surface area contributed by atoms with E-state index in [4.69, 9.17) is 4.74 Å². The van der Waals surface area contributed by atoms with Crippen LogP contribution < -0.4 is 19.7 Å². The van der Waals surface area contributed by atoms with Crippen LogP contribution in [0.2, 0.25) is 0 Å². The van der Waals surface area contributed by atoms with Crippen molar-refractivity contribution in [2.75, 3.05) is 22.9 Å². The predicted molar refractivity (Wildman–Crippen MR) is 134 cm³/mol. The van der Waals surface area contributed by atoms with Crippen molar-refractivity contribution >= 4 is 33.2 Å². The summed E-state index contributed by atoms with van der Waals surface area (Å²) in [6.45, 7) is 1.83. The lowest BCUT2D eigenvalue weighted by molar-refractivity contribution is -0.122. The molecule has 2 N–H and O–H groups in total. The highest BCUT2D eigenvalue weighted by atomic mass is 32.2. The second-order valence-corrected chi connectivity index (χ2v) is 10.6. The Balaban J connectivity index is 1.66. The normalized spacial score (nSPS) is 15.3. The Bertz CT molecular complexity index is 1100. The first-order valence-electron chi connectivity index (χ1n) is 11.6. The van der Waals surface area contributed by atoms with E-state index >= 15 is 0 Å². The summed E-state index contributed by atoms with van der Waals surface area (Å²) < 4.78 is 30.4. The van der Waals surface area contributed by atoms with E-state index in [-0.39, 0.29) is 17.9 Å². The first-order chi connectivity index (χ1) is 16.2. The van der Waals surface area contributed by atoms with Crippen molar-refractivity contribution < 1.29 is 22.7 Å². The predicted octanol–water partition coefficient (Wildman–Crippen LogP) is 3.94. The van der Waals surface area contributed by atoms with Gasteiger partial charge in [-0.3, -0.25) is 13.9 Å². The maximum absolute atomic E-state index is 13.0. The zero-order valence-electron chi connectivity index (χ0n) is 19.9. The molecule has 2 aromatic rings. The number of carbonyl (C=O) groups is 2. The van der Waals surface area contributed by atoms with Crippen LogP contribution in [0.4, 0.5) is 11.4 Å². The number of hydrogen-bond donors (Lipinski definition) is 2. The number of sulfonamides is 1. The van der Waals surface area contributed by atoms with E-state index in [2.05, 4.69) is 10.6 Å². The highest BCUT2D eigenvalue weighted by molar-refractivity contribution is 7.92. The lowest BCUT2D eigenvalue weighted by Crippen LogP contribution is -2.37. The molecule has 0 bridgehead atoms. The van der Waals surface area contributed by atoms with Crippen LogP contribution in [0, 0.1) is 0 Å². The van der Waals surface area contributed by atoms with E-state index in [1.165, 1.54) is 13.5 Å². The minimum Gasteiger partial charge on any atom is -0.481 e. The molecule has 1 aliphatic rings. The monoisotopic (exact) mass is 487 g/mol. The van der Waals surface area contributed by atoms with Gasteiger partial charge in [0.1, 0.15) is 5.75 Å². The summed E-state index contributed by atoms with van der Waals surface area (Å²) in [6.07, 6.45) is 6.14. The number of rotatable bonds is 9. The summed E-state index contributed by atoms with van der Waals surface area (Å²) in [5, 5.41) is 5.93. The first kappa shape index (κ1) is 25.6. The largest absolute Gasteiger partial charge is 0.481 e. The molecule has 0 heterocycles. The zero-order valence-corrected chi connectivity index (χ0v) is 20.7. The molecule has 0 spiro atoms. The van der Waals surface area contributed by atoms with Crippen LogP contribution in [-0.4, -0.2) is 45.7 Å². The third-order valence-electron chi connectivity index (χ3n) is 6.01. The lowest BCUT2D eigenvalue weighted by atomic mass is 9.95. The fourth-order valence-corrected chi connectivity index (χ4v) is 4.43. The Morgan fingerprint density at radius 3 is 2.32 bits per heavy atom. The summed E-state index contributed by atoms with van der Waals surface area (Å²) in [7, 11) is -1.90. The van der Waals surface area contributed by atoms with E-state index < -0.39 is 16.1 Å². The maximum Gasteiger partial charge on any atom is 0.265 e. The molecule has 1 atom stereocenters. The SMILES string of the molecule is CCC(Oc1ccc(N(C)S(C)(=O)=O)cc1)C(=O)Nc1ccccc1C(=O)NC1CCCCC1. The summed E-state index contributed by atoms with van der Waals surface area (Å²) in [4.78, 5) is 25.8. The van der Waals surface area contributed by atoms with Crippen molar-refractivity contribution in [1.29, 1.82) is 0 Å². The van der Waals surface area contributed by atoms with Crippen LogP contribution in [0.5, 0.6) is 5.75 Å². The molecule has 1 fully saturated rings. The molecule has 2 aromatic carbocycles. The van der Waals surface area contributed by atoms with Crippen LogP contribution in [0.1, 0.15) is 55.8 Å². The molecule has 1 unspecified atom stereocenters. The van der Waals surface area contributed by atoms with E-state index in [1.807, 2.05) is 6.92 Å². The molecule has 2 amide bonds.